The van der Waals surface area contributed by atoms with Crippen molar-refractivity contribution in [2.24, 2.45) is 5.92 Å². The van der Waals surface area contributed by atoms with Gasteiger partial charge in [0.15, 0.2) is 5.76 Å². The summed E-state index contributed by atoms with van der Waals surface area (Å²) < 4.78 is 5.89. The van der Waals surface area contributed by atoms with Crippen molar-refractivity contribution in [1.29, 1.82) is 5.26 Å². The van der Waals surface area contributed by atoms with Crippen LogP contribution in [0.3, 0.4) is 0 Å². The lowest BCUT2D eigenvalue weighted by molar-refractivity contribution is -0.123. The molecule has 4 heterocycles. The third kappa shape index (κ3) is 7.37. The minimum atomic E-state index is -0.197. The second-order valence-corrected chi connectivity index (χ2v) is 11.8. The van der Waals surface area contributed by atoms with Crippen LogP contribution in [0, 0.1) is 17.2 Å². The number of pyridine rings is 1. The number of nitrogens with zero attached hydrogens (tertiary/aromatic N) is 4. The molecule has 2 fully saturated rings. The number of carbonyl (C=O) groups is 2. The number of hydrogen-bond acceptors (Lipinski definition) is 7. The summed E-state index contributed by atoms with van der Waals surface area (Å²) in [6.45, 7) is 5.27. The number of carbonyl (C=O) groups excluding carboxylic acids is 2. The lowest BCUT2D eigenvalue weighted by Crippen LogP contribution is -2.44. The summed E-state index contributed by atoms with van der Waals surface area (Å²) in [4.78, 5) is 35.3. The number of likely N-dealkylation sites (tertiary alicyclic amines) is 2. The standard InChI is InChI=1S/C35H37N5O3/c36-22-25-4-6-26(7-5-25)23-39-17-12-30(13-18-39)38-35(42)34-21-29-19-27(8-9-33(29)43-34)20-32(41)28-10-15-40(16-11-28)24-31-3-1-2-14-37-31/h1-9,14,19,21,28,30H,10-13,15-18,20,23-24H2,(H,38,42). The Morgan fingerprint density at radius 2 is 1.60 bits per heavy atom. The summed E-state index contributed by atoms with van der Waals surface area (Å²) in [6, 6.07) is 23.5. The highest BCUT2D eigenvalue weighted by atomic mass is 16.3. The number of piperidine rings is 2. The number of ketones is 1. The average Bonchev–Trinajstić information content (AvgIpc) is 3.47. The second-order valence-electron chi connectivity index (χ2n) is 11.8. The van der Waals surface area contributed by atoms with Gasteiger partial charge in [0.2, 0.25) is 0 Å². The van der Waals surface area contributed by atoms with Gasteiger partial charge in [-0.2, -0.15) is 5.26 Å². The molecular formula is C35H37N5O3. The van der Waals surface area contributed by atoms with Crippen LogP contribution in [-0.4, -0.2) is 58.7 Å². The van der Waals surface area contributed by atoms with Crippen LogP contribution < -0.4 is 5.32 Å². The molecule has 6 rings (SSSR count). The van der Waals surface area contributed by atoms with Gasteiger partial charge in [-0.15, -0.1) is 0 Å². The molecule has 8 nitrogen and oxygen atoms in total. The van der Waals surface area contributed by atoms with Gasteiger partial charge in [0.1, 0.15) is 11.4 Å². The molecule has 0 radical (unpaired) electrons. The number of fused-ring (bicyclic) bond motifs is 1. The molecule has 0 atom stereocenters. The first-order valence-electron chi connectivity index (χ1n) is 15.2. The average molecular weight is 576 g/mol. The van der Waals surface area contributed by atoms with Gasteiger partial charge in [0, 0.05) is 56.1 Å². The largest absolute Gasteiger partial charge is 0.451 e. The van der Waals surface area contributed by atoms with Crippen molar-refractivity contribution in [3.63, 3.8) is 0 Å². The molecule has 0 saturated carbocycles. The highest BCUT2D eigenvalue weighted by molar-refractivity contribution is 5.96. The molecule has 43 heavy (non-hydrogen) atoms. The minimum Gasteiger partial charge on any atom is -0.451 e. The Labute approximate surface area is 252 Å². The minimum absolute atomic E-state index is 0.0805. The van der Waals surface area contributed by atoms with Crippen LogP contribution >= 0.6 is 0 Å². The van der Waals surface area contributed by atoms with E-state index in [1.54, 1.807) is 6.07 Å². The van der Waals surface area contributed by atoms with E-state index in [1.165, 1.54) is 5.56 Å². The first-order chi connectivity index (χ1) is 21.0. The number of hydrogen-bond donors (Lipinski definition) is 1. The van der Waals surface area contributed by atoms with Gasteiger partial charge >= 0.3 is 0 Å². The van der Waals surface area contributed by atoms with E-state index in [1.807, 2.05) is 66.9 Å². The molecule has 2 aromatic carbocycles. The van der Waals surface area contributed by atoms with Crippen LogP contribution in [0.1, 0.15) is 58.6 Å². The van der Waals surface area contributed by atoms with Gasteiger partial charge in [-0.3, -0.25) is 24.4 Å². The Morgan fingerprint density at radius 1 is 0.884 bits per heavy atom. The summed E-state index contributed by atoms with van der Waals surface area (Å²) >= 11 is 0. The van der Waals surface area contributed by atoms with Crippen LogP contribution in [0.2, 0.25) is 0 Å². The molecular weight excluding hydrogens is 538 g/mol. The van der Waals surface area contributed by atoms with E-state index >= 15 is 0 Å². The van der Waals surface area contributed by atoms with E-state index in [9.17, 15) is 9.59 Å². The molecule has 0 spiro atoms. The maximum Gasteiger partial charge on any atom is 0.287 e. The predicted octanol–water partition coefficient (Wildman–Crippen LogP) is 5.12. The first-order valence-corrected chi connectivity index (χ1v) is 15.2. The molecule has 0 unspecified atom stereocenters. The Kier molecular flexibility index (Phi) is 8.92. The Bertz CT molecular complexity index is 1590. The van der Waals surface area contributed by atoms with Gasteiger partial charge < -0.3 is 9.73 Å². The molecule has 2 aliphatic heterocycles. The number of amides is 1. The number of nitriles is 1. The smallest absolute Gasteiger partial charge is 0.287 e. The van der Waals surface area contributed by atoms with Crippen LogP contribution in [-0.2, 0) is 24.3 Å². The topological polar surface area (TPSA) is 102 Å². The summed E-state index contributed by atoms with van der Waals surface area (Å²) in [5.74, 6) is 0.469. The van der Waals surface area contributed by atoms with Crippen LogP contribution in [0.4, 0.5) is 0 Å². The van der Waals surface area contributed by atoms with E-state index in [0.717, 1.165) is 81.6 Å². The molecule has 220 valence electrons. The predicted molar refractivity (Wildman–Crippen MR) is 164 cm³/mol. The third-order valence-corrected chi connectivity index (χ3v) is 8.75. The zero-order chi connectivity index (χ0) is 29.6. The van der Waals surface area contributed by atoms with Gasteiger partial charge in [0.05, 0.1) is 17.3 Å². The first kappa shape index (κ1) is 28.8. The molecule has 2 aromatic heterocycles. The Hall–Kier alpha value is -4.32. The van der Waals surface area contributed by atoms with Crippen molar-refractivity contribution in [3.05, 3.63) is 101 Å². The monoisotopic (exact) mass is 575 g/mol. The highest BCUT2D eigenvalue weighted by Crippen LogP contribution is 2.25. The molecule has 1 N–H and O–H groups in total. The van der Waals surface area contributed by atoms with Crippen molar-refractivity contribution in [2.75, 3.05) is 26.2 Å². The molecule has 4 aromatic rings. The van der Waals surface area contributed by atoms with Crippen LogP contribution in [0.25, 0.3) is 11.0 Å². The number of nitrogens with one attached hydrogen (secondary N) is 1. The maximum atomic E-state index is 13.1. The number of Topliss-reactive ketones (excluding diaryl/α,β-unsaturated/α-hetero) is 1. The van der Waals surface area contributed by atoms with E-state index in [0.29, 0.717) is 23.3 Å². The van der Waals surface area contributed by atoms with E-state index in [4.69, 9.17) is 9.68 Å². The van der Waals surface area contributed by atoms with E-state index in [2.05, 4.69) is 26.2 Å². The summed E-state index contributed by atoms with van der Waals surface area (Å²) in [6.07, 6.45) is 5.71. The Balaban J connectivity index is 0.971. The summed E-state index contributed by atoms with van der Waals surface area (Å²) in [5.41, 5.74) is 4.53. The molecule has 1 amide bonds. The highest BCUT2D eigenvalue weighted by Gasteiger charge is 2.26. The van der Waals surface area contributed by atoms with Crippen molar-refractivity contribution in [2.45, 2.75) is 51.2 Å². The summed E-state index contributed by atoms with van der Waals surface area (Å²) in [7, 11) is 0. The molecule has 2 saturated heterocycles. The van der Waals surface area contributed by atoms with Crippen molar-refractivity contribution in [3.8, 4) is 6.07 Å². The quantitative estimate of drug-likeness (QED) is 0.296. The number of rotatable bonds is 9. The van der Waals surface area contributed by atoms with E-state index < -0.39 is 0 Å². The second kappa shape index (κ2) is 13.3. The van der Waals surface area contributed by atoms with Crippen molar-refractivity contribution >= 4 is 22.7 Å². The van der Waals surface area contributed by atoms with Crippen LogP contribution in [0.5, 0.6) is 0 Å². The Morgan fingerprint density at radius 3 is 2.33 bits per heavy atom. The molecule has 2 aliphatic rings. The van der Waals surface area contributed by atoms with Gasteiger partial charge in [-0.25, -0.2) is 0 Å². The van der Waals surface area contributed by atoms with Crippen LogP contribution in [0.15, 0.2) is 77.3 Å². The third-order valence-electron chi connectivity index (χ3n) is 8.75. The zero-order valence-electron chi connectivity index (χ0n) is 24.4. The van der Waals surface area contributed by atoms with Gasteiger partial charge in [-0.05, 0) is 92.4 Å². The molecule has 0 bridgehead atoms. The fourth-order valence-corrected chi connectivity index (χ4v) is 6.23. The van der Waals surface area contributed by atoms with Gasteiger partial charge in [-0.1, -0.05) is 24.3 Å². The van der Waals surface area contributed by atoms with Crippen molar-refractivity contribution in [1.82, 2.24) is 20.1 Å². The number of furan rings is 1. The van der Waals surface area contributed by atoms with Gasteiger partial charge in [0.25, 0.3) is 5.91 Å². The normalized spacial score (nSPS) is 17.1. The van der Waals surface area contributed by atoms with Crippen molar-refractivity contribution < 1.29 is 14.0 Å². The number of benzene rings is 2. The lowest BCUT2D eigenvalue weighted by Gasteiger charge is -2.32. The summed E-state index contributed by atoms with van der Waals surface area (Å²) in [5, 5.41) is 13.0. The zero-order valence-corrected chi connectivity index (χ0v) is 24.4. The number of aromatic nitrogens is 1. The maximum absolute atomic E-state index is 13.1. The fourth-order valence-electron chi connectivity index (χ4n) is 6.23. The molecule has 8 heteroatoms. The lowest BCUT2D eigenvalue weighted by atomic mass is 9.89. The van der Waals surface area contributed by atoms with E-state index in [-0.39, 0.29) is 23.7 Å². The fraction of sp³-hybridized carbons (Fsp3) is 0.371. The molecule has 0 aliphatic carbocycles. The SMILES string of the molecule is N#Cc1ccc(CN2CCC(NC(=O)c3cc4cc(CC(=O)C5CCN(Cc6ccccn6)CC5)ccc4o3)CC2)cc1.